The topological polar surface area (TPSA) is 50.3 Å². The Morgan fingerprint density at radius 3 is 2.58 bits per heavy atom. The van der Waals surface area contributed by atoms with E-state index in [1.807, 2.05) is 6.07 Å². The van der Waals surface area contributed by atoms with Crippen molar-refractivity contribution in [2.24, 2.45) is 12.0 Å². The second-order valence-electron chi connectivity index (χ2n) is 7.54. The van der Waals surface area contributed by atoms with Crippen molar-refractivity contribution in [1.82, 2.24) is 4.57 Å². The highest BCUT2D eigenvalue weighted by molar-refractivity contribution is 8.20. The number of nitrogens with zero attached hydrogens (tertiary/aromatic N) is 3. The van der Waals surface area contributed by atoms with E-state index in [1.165, 1.54) is 13.1 Å². The second-order valence-corrected chi connectivity index (χ2v) is 10.6. The Hall–Kier alpha value is -2.26. The lowest BCUT2D eigenvalue weighted by Gasteiger charge is -2.37. The molecule has 12 heteroatoms. The molecule has 1 fully saturated rings. The molecule has 0 N–H and O–H groups in total. The third kappa shape index (κ3) is 4.45. The molecule has 1 atom stereocenters. The first-order valence-electron chi connectivity index (χ1n) is 9.83. The number of halogens is 6. The van der Waals surface area contributed by atoms with Crippen molar-refractivity contribution < 1.29 is 31.1 Å². The van der Waals surface area contributed by atoms with Gasteiger partial charge in [-0.25, -0.2) is 4.39 Å². The number of benzene rings is 1. The zero-order valence-corrected chi connectivity index (χ0v) is 18.8. The van der Waals surface area contributed by atoms with Crippen LogP contribution in [0.25, 0.3) is 0 Å². The Morgan fingerprint density at radius 1 is 1.27 bits per heavy atom. The Morgan fingerprint density at radius 2 is 1.97 bits per heavy atom. The number of aryl methyl sites for hydroxylation is 1. The number of nitriles is 1. The summed E-state index contributed by atoms with van der Waals surface area (Å²) < 4.78 is 85.6. The van der Waals surface area contributed by atoms with Gasteiger partial charge in [0.1, 0.15) is 11.9 Å². The first-order chi connectivity index (χ1) is 15.6. The normalized spacial score (nSPS) is 20.2. The molecule has 0 saturated carbocycles. The van der Waals surface area contributed by atoms with E-state index in [0.717, 1.165) is 22.3 Å². The fraction of sp³-hybridized carbons (Fsp3) is 0.429. The van der Waals surface area contributed by atoms with Gasteiger partial charge in [-0.2, -0.15) is 27.2 Å². The molecule has 1 spiro atoms. The van der Waals surface area contributed by atoms with Gasteiger partial charge in [0.15, 0.2) is 11.2 Å². The van der Waals surface area contributed by atoms with Gasteiger partial charge in [0.25, 0.3) is 0 Å². The van der Waals surface area contributed by atoms with Gasteiger partial charge in [0.2, 0.25) is 0 Å². The molecule has 1 aliphatic heterocycles. The molecule has 176 valence electrons. The number of alkyl halides is 5. The summed E-state index contributed by atoms with van der Waals surface area (Å²) in [6.45, 7) is -3.36. The molecule has 1 saturated heterocycles. The number of hydrogen-bond donors (Lipinski definition) is 0. The minimum absolute atomic E-state index is 0.108. The summed E-state index contributed by atoms with van der Waals surface area (Å²) in [5, 5.41) is 9.29. The average molecular weight is 506 g/mol. The maximum Gasteiger partial charge on any atom is 0.417 e. The third-order valence-corrected chi connectivity index (χ3v) is 9.06. The van der Waals surface area contributed by atoms with Crippen LogP contribution in [0, 0.1) is 17.1 Å². The van der Waals surface area contributed by atoms with E-state index in [1.54, 1.807) is 29.6 Å². The highest BCUT2D eigenvalue weighted by Gasteiger charge is 2.46. The predicted octanol–water partition coefficient (Wildman–Crippen LogP) is 5.72. The van der Waals surface area contributed by atoms with Gasteiger partial charge in [-0.05, 0) is 30.5 Å². The van der Waals surface area contributed by atoms with Crippen LogP contribution in [0.4, 0.5) is 26.3 Å². The number of hydrogen-bond acceptors (Lipinski definition) is 5. The fourth-order valence-corrected chi connectivity index (χ4v) is 7.54. The molecule has 4 rings (SSSR count). The third-order valence-electron chi connectivity index (χ3n) is 5.53. The van der Waals surface area contributed by atoms with E-state index in [0.29, 0.717) is 30.0 Å². The lowest BCUT2D eigenvalue weighted by Crippen LogP contribution is -2.29. The summed E-state index contributed by atoms with van der Waals surface area (Å²) >= 11 is 3.17. The predicted molar refractivity (Wildman–Crippen MR) is 112 cm³/mol. The Balaban J connectivity index is 1.90. The van der Waals surface area contributed by atoms with Crippen molar-refractivity contribution in [3.05, 3.63) is 58.0 Å². The van der Waals surface area contributed by atoms with Crippen molar-refractivity contribution in [3.63, 3.8) is 0 Å². The summed E-state index contributed by atoms with van der Waals surface area (Å²) in [7, 11) is 1.25. The minimum Gasteiger partial charge on any atom is -0.431 e. The summed E-state index contributed by atoms with van der Waals surface area (Å²) in [5.41, 5.74) is -0.649. The molecule has 0 radical (unpaired) electrons. The lowest BCUT2D eigenvalue weighted by molar-refractivity contribution is -0.138. The Kier molecular flexibility index (Phi) is 6.39. The van der Waals surface area contributed by atoms with Crippen LogP contribution in [0.2, 0.25) is 0 Å². The van der Waals surface area contributed by atoms with E-state index in [-0.39, 0.29) is 11.1 Å². The quantitative estimate of drug-likeness (QED) is 0.501. The number of thioether (sulfide) groups is 2. The van der Waals surface area contributed by atoms with Crippen LogP contribution in [-0.2, 0) is 17.3 Å². The highest BCUT2D eigenvalue weighted by Crippen LogP contribution is 2.60. The summed E-state index contributed by atoms with van der Waals surface area (Å²) in [6.07, 6.45) is -3.10. The zero-order valence-electron chi connectivity index (χ0n) is 17.1. The van der Waals surface area contributed by atoms with Crippen molar-refractivity contribution in [2.45, 2.75) is 35.8 Å². The van der Waals surface area contributed by atoms with Crippen molar-refractivity contribution in [2.75, 3.05) is 11.5 Å². The second kappa shape index (κ2) is 8.83. The van der Waals surface area contributed by atoms with Crippen molar-refractivity contribution in [1.29, 1.82) is 5.26 Å². The molecule has 33 heavy (non-hydrogen) atoms. The molecule has 0 bridgehead atoms. The maximum atomic E-state index is 15.3. The monoisotopic (exact) mass is 505 g/mol. The van der Waals surface area contributed by atoms with Crippen LogP contribution in [0.5, 0.6) is 5.75 Å². The van der Waals surface area contributed by atoms with Gasteiger partial charge in [-0.15, -0.1) is 23.5 Å². The van der Waals surface area contributed by atoms with Crippen LogP contribution in [0.1, 0.15) is 41.1 Å². The molecule has 0 amide bonds. The molecule has 2 heterocycles. The SMILES string of the molecule is Cn1cc(C(F)(F)F)cc(OC(F)F)c1=NC1CCC2(SCCS2)c2c1ccc(C#N)c2F. The summed E-state index contributed by atoms with van der Waals surface area (Å²) in [5.74, 6) is 0.255. The van der Waals surface area contributed by atoms with Crippen LogP contribution in [0.3, 0.4) is 0 Å². The fourth-order valence-electron chi connectivity index (χ4n) is 4.15. The number of rotatable bonds is 3. The van der Waals surface area contributed by atoms with Crippen LogP contribution in [-0.4, -0.2) is 22.7 Å². The number of fused-ring (bicyclic) bond motifs is 2. The van der Waals surface area contributed by atoms with E-state index in [2.05, 4.69) is 9.73 Å². The molecule has 1 aliphatic carbocycles. The summed E-state index contributed by atoms with van der Waals surface area (Å²) in [4.78, 5) is 4.46. The number of ether oxygens (including phenoxy) is 1. The molecule has 1 aromatic heterocycles. The highest BCUT2D eigenvalue weighted by atomic mass is 32.2. The van der Waals surface area contributed by atoms with Crippen molar-refractivity contribution in [3.8, 4) is 11.8 Å². The standard InChI is InChI=1S/C21H17F6N3OS2/c1-30-10-12(21(25,26)27)8-15(31-19(23)24)18(30)29-14-4-5-20(32-6-7-33-20)16-13(14)3-2-11(9-28)17(16)22/h2-3,8,10,14,19H,4-7H2,1H3. The number of pyridine rings is 1. The Labute approximate surface area is 193 Å². The zero-order chi connectivity index (χ0) is 24.0. The lowest BCUT2D eigenvalue weighted by atomic mass is 9.85. The minimum atomic E-state index is -4.77. The van der Waals surface area contributed by atoms with E-state index in [9.17, 15) is 27.2 Å². The number of aromatic nitrogens is 1. The van der Waals surface area contributed by atoms with Gasteiger partial charge in [0, 0.05) is 30.3 Å². The van der Waals surface area contributed by atoms with Gasteiger partial charge in [0.05, 0.1) is 21.2 Å². The average Bonchev–Trinajstić information content (AvgIpc) is 3.20. The largest absolute Gasteiger partial charge is 0.431 e. The van der Waals surface area contributed by atoms with E-state index in [4.69, 9.17) is 0 Å². The van der Waals surface area contributed by atoms with Crippen LogP contribution >= 0.6 is 23.5 Å². The molecular formula is C21H17F6N3OS2. The van der Waals surface area contributed by atoms with Crippen molar-refractivity contribution >= 4 is 23.5 Å². The molecule has 2 aliphatic rings. The van der Waals surface area contributed by atoms with Gasteiger partial charge in [-0.1, -0.05) is 6.07 Å². The van der Waals surface area contributed by atoms with E-state index >= 15 is 4.39 Å². The molecule has 2 aromatic rings. The molecule has 4 nitrogen and oxygen atoms in total. The first kappa shape index (κ1) is 23.9. The maximum absolute atomic E-state index is 15.3. The van der Waals surface area contributed by atoms with Gasteiger partial charge >= 0.3 is 12.8 Å². The van der Waals surface area contributed by atoms with Gasteiger partial charge in [-0.3, -0.25) is 4.99 Å². The van der Waals surface area contributed by atoms with Crippen LogP contribution < -0.4 is 10.2 Å². The molecular weight excluding hydrogens is 488 g/mol. The Bertz CT molecular complexity index is 1180. The van der Waals surface area contributed by atoms with Crippen LogP contribution in [0.15, 0.2) is 29.4 Å². The molecule has 1 unspecified atom stereocenters. The smallest absolute Gasteiger partial charge is 0.417 e. The van der Waals surface area contributed by atoms with E-state index < -0.39 is 40.0 Å². The first-order valence-corrected chi connectivity index (χ1v) is 11.8. The summed E-state index contributed by atoms with van der Waals surface area (Å²) in [6, 6.07) is 4.54. The van der Waals surface area contributed by atoms with Gasteiger partial charge < -0.3 is 9.30 Å². The molecule has 1 aromatic carbocycles.